The Morgan fingerprint density at radius 1 is 1.07 bits per heavy atom. The van der Waals surface area contributed by atoms with Crippen LogP contribution >= 0.6 is 0 Å². The summed E-state index contributed by atoms with van der Waals surface area (Å²) in [6, 6.07) is 17.4. The van der Waals surface area contributed by atoms with E-state index in [1.807, 2.05) is 44.2 Å². The van der Waals surface area contributed by atoms with E-state index in [-0.39, 0.29) is 30.1 Å². The van der Waals surface area contributed by atoms with E-state index in [1.54, 1.807) is 24.4 Å². The molecule has 0 radical (unpaired) electrons. The van der Waals surface area contributed by atoms with Gasteiger partial charge in [-0.25, -0.2) is 19.3 Å². The van der Waals surface area contributed by atoms with Crippen molar-refractivity contribution in [3.05, 3.63) is 78.5 Å². The fourth-order valence-electron chi connectivity index (χ4n) is 5.11. The van der Waals surface area contributed by atoms with Crippen molar-refractivity contribution >= 4 is 17.6 Å². The lowest BCUT2D eigenvalue weighted by Crippen LogP contribution is -2.23. The number of nitrogens with zero attached hydrogens (tertiary/aromatic N) is 4. The van der Waals surface area contributed by atoms with Crippen molar-refractivity contribution in [1.29, 1.82) is 0 Å². The van der Waals surface area contributed by atoms with Gasteiger partial charge < -0.3 is 25.2 Å². The topological polar surface area (TPSA) is 133 Å². The molecule has 2 aromatic carbocycles. The highest BCUT2D eigenvalue weighted by Gasteiger charge is 2.47. The van der Waals surface area contributed by atoms with Gasteiger partial charge in [-0.05, 0) is 48.9 Å². The van der Waals surface area contributed by atoms with Gasteiger partial charge in [0.2, 0.25) is 5.95 Å². The van der Waals surface area contributed by atoms with Crippen molar-refractivity contribution in [3.63, 3.8) is 0 Å². The van der Waals surface area contributed by atoms with Crippen LogP contribution in [0.1, 0.15) is 50.9 Å². The molecule has 1 saturated carbocycles. The number of imidazole rings is 1. The molecule has 4 aromatic rings. The van der Waals surface area contributed by atoms with Gasteiger partial charge in [0.1, 0.15) is 17.3 Å². The molecule has 0 spiro atoms. The quantitative estimate of drug-likeness (QED) is 0.203. The molecular formula is C30H32FN5O4. The van der Waals surface area contributed by atoms with E-state index in [2.05, 4.69) is 14.9 Å². The van der Waals surface area contributed by atoms with Gasteiger partial charge in [0.15, 0.2) is 0 Å². The molecule has 1 aliphatic rings. The summed E-state index contributed by atoms with van der Waals surface area (Å²) in [7, 11) is 0. The molecule has 0 amide bonds. The summed E-state index contributed by atoms with van der Waals surface area (Å²) >= 11 is 0. The van der Waals surface area contributed by atoms with Crippen LogP contribution in [0, 0.1) is 11.7 Å². The van der Waals surface area contributed by atoms with Gasteiger partial charge in [0, 0.05) is 41.7 Å². The average molecular weight is 546 g/mol. The molecule has 2 aromatic heterocycles. The number of aromatic nitrogens is 4. The number of benzene rings is 2. The predicted octanol–water partition coefficient (Wildman–Crippen LogP) is 5.16. The molecule has 1 fully saturated rings. The van der Waals surface area contributed by atoms with Crippen LogP contribution in [0.4, 0.5) is 16.0 Å². The maximum absolute atomic E-state index is 13.9. The van der Waals surface area contributed by atoms with Crippen molar-refractivity contribution < 1.29 is 24.5 Å². The Morgan fingerprint density at radius 2 is 1.80 bits per heavy atom. The van der Waals surface area contributed by atoms with E-state index < -0.39 is 24.6 Å². The molecule has 1 aliphatic carbocycles. The normalized spacial score (nSPS) is 17.9. The number of para-hydroxylation sites is 1. The minimum atomic E-state index is -1.13. The van der Waals surface area contributed by atoms with Crippen molar-refractivity contribution in [1.82, 2.24) is 19.5 Å². The number of halogens is 1. The highest BCUT2D eigenvalue weighted by atomic mass is 19.1. The Kier molecular flexibility index (Phi) is 7.90. The van der Waals surface area contributed by atoms with Crippen LogP contribution in [0.25, 0.3) is 22.6 Å². The Balaban J connectivity index is 1.55. The lowest BCUT2D eigenvalue weighted by atomic mass is 10.0. The zero-order valence-corrected chi connectivity index (χ0v) is 22.3. The van der Waals surface area contributed by atoms with Gasteiger partial charge in [-0.3, -0.25) is 4.79 Å². The molecule has 10 heteroatoms. The second kappa shape index (κ2) is 11.5. The number of nitrogens with one attached hydrogen (secondary N) is 1. The van der Waals surface area contributed by atoms with E-state index >= 15 is 0 Å². The van der Waals surface area contributed by atoms with Crippen LogP contribution in [0.2, 0.25) is 0 Å². The summed E-state index contributed by atoms with van der Waals surface area (Å²) in [4.78, 5) is 25.1. The molecule has 208 valence electrons. The van der Waals surface area contributed by atoms with Gasteiger partial charge in [0.25, 0.3) is 0 Å². The molecule has 4 N–H and O–H groups in total. The molecule has 0 saturated heterocycles. The molecule has 5 rings (SSSR count). The maximum Gasteiger partial charge on any atom is 0.305 e. The Labute approximate surface area is 231 Å². The van der Waals surface area contributed by atoms with Crippen molar-refractivity contribution in [2.75, 3.05) is 5.32 Å². The summed E-state index contributed by atoms with van der Waals surface area (Å²) in [6.45, 7) is 4.06. The first-order valence-corrected chi connectivity index (χ1v) is 13.3. The summed E-state index contributed by atoms with van der Waals surface area (Å²) in [5, 5.41) is 33.1. The van der Waals surface area contributed by atoms with Crippen LogP contribution in [0.3, 0.4) is 0 Å². The van der Waals surface area contributed by atoms with Crippen molar-refractivity contribution in [3.8, 4) is 22.6 Å². The molecule has 3 unspecified atom stereocenters. The van der Waals surface area contributed by atoms with Crippen LogP contribution in [0.15, 0.2) is 66.9 Å². The van der Waals surface area contributed by atoms with E-state index in [1.165, 1.54) is 12.1 Å². The van der Waals surface area contributed by atoms with Crippen molar-refractivity contribution in [2.45, 2.75) is 57.3 Å². The number of carboxylic acid groups (broad SMARTS) is 1. The van der Waals surface area contributed by atoms with Crippen LogP contribution in [-0.2, 0) is 4.79 Å². The van der Waals surface area contributed by atoms with E-state index in [0.717, 1.165) is 22.8 Å². The highest BCUT2D eigenvalue weighted by Crippen LogP contribution is 2.51. The first kappa shape index (κ1) is 27.4. The third kappa shape index (κ3) is 6.03. The van der Waals surface area contributed by atoms with Gasteiger partial charge in [-0.2, -0.15) is 0 Å². The number of aliphatic hydroxyl groups is 2. The Bertz CT molecular complexity index is 1480. The largest absolute Gasteiger partial charge is 0.481 e. The molecule has 0 bridgehead atoms. The Hall–Kier alpha value is -4.15. The number of aliphatic carboxylic acids is 1. The van der Waals surface area contributed by atoms with Gasteiger partial charge in [-0.15, -0.1) is 0 Å². The highest BCUT2D eigenvalue weighted by molar-refractivity contribution is 5.78. The Morgan fingerprint density at radius 3 is 2.48 bits per heavy atom. The minimum Gasteiger partial charge on any atom is -0.481 e. The predicted molar refractivity (Wildman–Crippen MR) is 148 cm³/mol. The summed E-state index contributed by atoms with van der Waals surface area (Å²) in [5.74, 6) is -0.449. The second-order valence-corrected chi connectivity index (χ2v) is 10.5. The molecule has 40 heavy (non-hydrogen) atoms. The average Bonchev–Trinajstić information content (AvgIpc) is 3.61. The van der Waals surface area contributed by atoms with Crippen molar-refractivity contribution in [2.24, 2.45) is 5.92 Å². The number of carboxylic acids is 1. The molecular weight excluding hydrogens is 513 g/mol. The van der Waals surface area contributed by atoms with E-state index in [0.29, 0.717) is 23.8 Å². The zero-order valence-electron chi connectivity index (χ0n) is 22.3. The smallest absolute Gasteiger partial charge is 0.305 e. The van der Waals surface area contributed by atoms with Crippen LogP contribution in [-0.4, -0.2) is 53.0 Å². The van der Waals surface area contributed by atoms with Gasteiger partial charge >= 0.3 is 5.97 Å². The minimum absolute atomic E-state index is 0.0210. The number of rotatable bonds is 11. The molecule has 4 atom stereocenters. The summed E-state index contributed by atoms with van der Waals surface area (Å²) in [5.41, 5.74) is 3.53. The first-order valence-electron chi connectivity index (χ1n) is 13.3. The number of hydrogen-bond acceptors (Lipinski definition) is 7. The van der Waals surface area contributed by atoms with Gasteiger partial charge in [0.05, 0.1) is 30.0 Å². The zero-order chi connectivity index (χ0) is 28.4. The van der Waals surface area contributed by atoms with Crippen LogP contribution in [0.5, 0.6) is 0 Å². The van der Waals surface area contributed by atoms with E-state index in [9.17, 15) is 19.4 Å². The first-order chi connectivity index (χ1) is 19.2. The summed E-state index contributed by atoms with van der Waals surface area (Å²) in [6.07, 6.45) is -0.178. The molecule has 9 nitrogen and oxygen atoms in total. The number of anilines is 2. The van der Waals surface area contributed by atoms with Gasteiger partial charge in [-0.1, -0.05) is 32.0 Å². The lowest BCUT2D eigenvalue weighted by molar-refractivity contribution is -0.139. The fourth-order valence-corrected chi connectivity index (χ4v) is 5.11. The monoisotopic (exact) mass is 545 g/mol. The third-order valence-electron chi connectivity index (χ3n) is 7.06. The number of aliphatic hydroxyl groups excluding tert-OH is 2. The molecule has 0 aliphatic heterocycles. The number of carbonyl (C=O) groups is 1. The van der Waals surface area contributed by atoms with E-state index in [4.69, 9.17) is 15.1 Å². The fraction of sp³-hybridized carbons (Fsp3) is 0.333. The van der Waals surface area contributed by atoms with Crippen LogP contribution < -0.4 is 5.32 Å². The third-order valence-corrected chi connectivity index (χ3v) is 7.06. The SMILES string of the molecule is CC(C)c1nc(-c2ccnc(Nc3ccccc3)n2)c(-c2ccc(F)cc2)n1C1C[C@@H]1C(O)CC(O)CC(=O)O. The summed E-state index contributed by atoms with van der Waals surface area (Å²) < 4.78 is 16.0. The molecule has 2 heterocycles. The lowest BCUT2D eigenvalue weighted by Gasteiger charge is -2.18. The maximum atomic E-state index is 13.9. The second-order valence-electron chi connectivity index (χ2n) is 10.5. The number of hydrogen-bond donors (Lipinski definition) is 4. The standard InChI is InChI=1S/C30H32FN5O4/c1-17(2)29-35-27(23-12-13-32-30(34-23)33-20-6-4-3-5-7-20)28(18-8-10-19(31)11-9-18)36(29)24-16-22(24)25(38)14-21(37)15-26(39)40/h3-13,17,21-22,24-25,37-38H,14-16H2,1-2H3,(H,39,40)(H,32,33,34)/t21?,22-,24?,25?/m0/s1.